The van der Waals surface area contributed by atoms with Gasteiger partial charge in [0.1, 0.15) is 19.6 Å². The smallest absolute Gasteiger partial charge is 0.379 e. The summed E-state index contributed by atoms with van der Waals surface area (Å²) in [4.78, 5) is 38.7. The Morgan fingerprint density at radius 3 is 2.20 bits per heavy atom. The van der Waals surface area contributed by atoms with Crippen molar-refractivity contribution in [1.29, 1.82) is 0 Å². The molecule has 329 valence electrons. The molecule has 9 aliphatic heterocycles. The number of carbonyl (C=O) groups excluding carboxylic acids is 1. The van der Waals surface area contributed by atoms with Crippen LogP contribution in [-0.2, 0) is 46.3 Å². The Labute approximate surface area is 336 Å². The lowest BCUT2D eigenvalue weighted by atomic mass is 9.49. The number of fused-ring (bicyclic) bond motifs is 17. The second kappa shape index (κ2) is 17.0. The molecule has 0 aliphatic carbocycles. The quantitative estimate of drug-likeness (QED) is 0.0861. The third kappa shape index (κ3) is 7.97. The van der Waals surface area contributed by atoms with Crippen molar-refractivity contribution in [3.8, 4) is 0 Å². The highest BCUT2D eigenvalue weighted by atomic mass is 31.2. The van der Waals surface area contributed by atoms with Crippen molar-refractivity contribution in [2.75, 3.05) is 53.9 Å². The molecule has 9 heterocycles. The molecule has 59 heavy (non-hydrogen) atoms. The highest BCUT2D eigenvalue weighted by molar-refractivity contribution is 7.47. The lowest BCUT2D eigenvalue weighted by Crippen LogP contribution is -3.14. The molecule has 9 saturated heterocycles. The Kier molecular flexibility index (Phi) is 12.3. The van der Waals surface area contributed by atoms with Gasteiger partial charge in [-0.15, -0.1) is 38.0 Å². The van der Waals surface area contributed by atoms with Gasteiger partial charge in [-0.2, -0.15) is 11.1 Å². The summed E-state index contributed by atoms with van der Waals surface area (Å²) in [5, 5.41) is 27.6. The Morgan fingerprint density at radius 2 is 1.47 bits per heavy atom. The predicted octanol–water partition coefficient (Wildman–Crippen LogP) is -8.02. The van der Waals surface area contributed by atoms with Crippen LogP contribution in [0.3, 0.4) is 0 Å². The molecule has 36 nitrogen and oxygen atoms in total. The number of urea groups is 1. The van der Waals surface area contributed by atoms with Crippen molar-refractivity contribution >= 4 is 36.6 Å². The van der Waals surface area contributed by atoms with E-state index in [0.29, 0.717) is 0 Å². The zero-order valence-electron chi connectivity index (χ0n) is 31.7. The molecule has 9 fully saturated rings. The maximum Gasteiger partial charge on any atom is 0.474 e. The van der Waals surface area contributed by atoms with Gasteiger partial charge in [-0.1, -0.05) is 12.0 Å². The van der Waals surface area contributed by atoms with E-state index < -0.39 is 78.1 Å². The Balaban J connectivity index is 0.896. The molecule has 0 aromatic rings. The van der Waals surface area contributed by atoms with Gasteiger partial charge in [-0.3, -0.25) is 22.9 Å². The zero-order chi connectivity index (χ0) is 41.4. The number of hydrogen-bond donors (Lipinski definition) is 11. The molecule has 9 rings (SSSR count). The summed E-state index contributed by atoms with van der Waals surface area (Å²) in [7, 11) is 1.67. The maximum atomic E-state index is 12.7. The van der Waals surface area contributed by atoms with E-state index in [1.165, 1.54) is 33.2 Å². The van der Waals surface area contributed by atoms with Crippen LogP contribution < -0.4 is 49.4 Å². The SMILES string of the molecule is [B][B][C@@H]1O[C@@H]2COP(=O)(O)OCCNC(=O)NCOP(=O)(O)OC3CC(CONN4N(CO[C@H]2[C@H]1C)N1NNNNN2N(NNN14)N1N2N2N4N(C)N(C)N4N12)O[C@H]3C. The second-order valence-electron chi connectivity index (χ2n) is 13.6. The summed E-state index contributed by atoms with van der Waals surface area (Å²) in [6.07, 6.45) is -3.57. The van der Waals surface area contributed by atoms with E-state index in [9.17, 15) is 23.7 Å². The van der Waals surface area contributed by atoms with Gasteiger partial charge < -0.3 is 34.6 Å². The van der Waals surface area contributed by atoms with Gasteiger partial charge in [0.2, 0.25) is 0 Å². The van der Waals surface area contributed by atoms with Crippen LogP contribution >= 0.6 is 15.6 Å². The fraction of sp³-hybridized carbons (Fsp3) is 0.947. The number of hydrazine groups is 26. The summed E-state index contributed by atoms with van der Waals surface area (Å²) in [6, 6.07) is -1.42. The molecular weight excluding hydrogens is 842 g/mol. The van der Waals surface area contributed by atoms with E-state index in [4.69, 9.17) is 44.9 Å². The Hall–Kier alpha value is -1.38. The number of phosphoric acid groups is 2. The van der Waals surface area contributed by atoms with Gasteiger partial charge in [-0.05, 0) is 64.4 Å². The number of carbonyl (C=O) groups is 1. The topological polar surface area (TPSA) is 319 Å². The number of phosphoric ester groups is 2. The minimum absolute atomic E-state index is 0.0713. The van der Waals surface area contributed by atoms with E-state index in [2.05, 4.69) is 49.4 Å². The van der Waals surface area contributed by atoms with Crippen LogP contribution in [0.4, 0.5) is 4.79 Å². The van der Waals surface area contributed by atoms with Gasteiger partial charge in [0.05, 0.1) is 51.4 Å². The molecule has 0 aromatic carbocycles. The van der Waals surface area contributed by atoms with Crippen LogP contribution in [0.1, 0.15) is 20.3 Å². The van der Waals surface area contributed by atoms with Gasteiger partial charge >= 0.3 is 21.7 Å². The van der Waals surface area contributed by atoms with Crippen LogP contribution in [0, 0.1) is 5.92 Å². The second-order valence-corrected chi connectivity index (χ2v) is 16.4. The monoisotopic (exact) mass is 886 g/mol. The molecule has 11 N–H and O–H groups in total. The molecule has 9 aliphatic rings. The number of nitrogens with one attached hydrogen (secondary N) is 9. The molecule has 9 atom stereocenters. The van der Waals surface area contributed by atoms with Gasteiger partial charge in [0, 0.05) is 46.7 Å². The molecular formula is C19H44B2N23O13P2. The molecule has 4 unspecified atom stereocenters. The third-order valence-electron chi connectivity index (χ3n) is 9.92. The minimum Gasteiger partial charge on any atom is -0.379 e. The molecule has 0 spiro atoms. The summed E-state index contributed by atoms with van der Waals surface area (Å²) in [5.74, 6) is -0.349. The summed E-state index contributed by atoms with van der Waals surface area (Å²) >= 11 is 0. The van der Waals surface area contributed by atoms with Crippen LogP contribution in [-0.4, -0.2) is 194 Å². The van der Waals surface area contributed by atoms with Crippen molar-refractivity contribution in [3.05, 3.63) is 0 Å². The molecule has 0 aromatic heterocycles. The fourth-order valence-electron chi connectivity index (χ4n) is 6.88. The van der Waals surface area contributed by atoms with E-state index in [0.717, 1.165) is 0 Å². The van der Waals surface area contributed by atoms with E-state index in [1.807, 2.05) is 41.7 Å². The van der Waals surface area contributed by atoms with Crippen molar-refractivity contribution in [3.63, 3.8) is 0 Å². The first-order valence-corrected chi connectivity index (χ1v) is 21.0. The van der Waals surface area contributed by atoms with Crippen molar-refractivity contribution < 1.29 is 60.9 Å². The zero-order valence-corrected chi connectivity index (χ0v) is 33.5. The molecule has 2 bridgehead atoms. The Bertz CT molecular complexity index is 1650. The molecule has 2 amide bonds. The van der Waals surface area contributed by atoms with Gasteiger partial charge in [0.25, 0.3) is 0 Å². The molecule has 3 radical (unpaired) electrons. The average Bonchev–Trinajstić information content (AvgIpc) is 3.68. The molecule has 40 heteroatoms. The van der Waals surface area contributed by atoms with Gasteiger partial charge in [0.15, 0.2) is 0 Å². The summed E-state index contributed by atoms with van der Waals surface area (Å²) in [5.41, 5.74) is 20.4. The summed E-state index contributed by atoms with van der Waals surface area (Å²) in [6.45, 7) is 1.42. The number of rotatable bonds is 1. The molecule has 0 saturated carbocycles. The van der Waals surface area contributed by atoms with E-state index >= 15 is 0 Å². The highest BCUT2D eigenvalue weighted by Crippen LogP contribution is 2.50. The average molecular weight is 886 g/mol. The van der Waals surface area contributed by atoms with Crippen LogP contribution in [0.2, 0.25) is 0 Å². The summed E-state index contributed by atoms with van der Waals surface area (Å²) < 4.78 is 64.2. The van der Waals surface area contributed by atoms with E-state index in [-0.39, 0.29) is 32.2 Å². The van der Waals surface area contributed by atoms with Crippen LogP contribution in [0.5, 0.6) is 0 Å². The van der Waals surface area contributed by atoms with Crippen molar-refractivity contribution in [1.82, 2.24) is 122 Å². The lowest BCUT2D eigenvalue weighted by molar-refractivity contribution is -0.953. The van der Waals surface area contributed by atoms with Crippen LogP contribution in [0.15, 0.2) is 0 Å². The first kappa shape index (κ1) is 42.9. The first-order chi connectivity index (χ1) is 28.3. The minimum atomic E-state index is -4.66. The fourth-order valence-corrected chi connectivity index (χ4v) is 8.50. The van der Waals surface area contributed by atoms with Gasteiger partial charge in [-0.25, -0.2) is 13.9 Å². The Morgan fingerprint density at radius 1 is 0.780 bits per heavy atom. The first-order valence-electron chi connectivity index (χ1n) is 18.0. The third-order valence-corrected chi connectivity index (χ3v) is 11.9. The highest BCUT2D eigenvalue weighted by Gasteiger charge is 2.80. The largest absolute Gasteiger partial charge is 0.474 e. The lowest BCUT2D eigenvalue weighted by Gasteiger charge is -2.83. The standard InChI is InChI=1S/C19H44B2N23O13P2/c1-12-17-16(56-18(12)21-20)9-53-58(46,47)52-6-5-22-19(45)23-10-54-59(48,49)57-15-7-14(55-13(15)2)8-51-30-38-33(11-50-17)34-26-24-25-27-36-37(29-28-35(34)38)42-41(36)43-39-31(3)32(4)40(39)44(42)43/h12-18,24-30H,5-11H2,1-4H3,(H,46,47)(H,48,49)(H2,22,23,45)/t12-,13+,14?,15?,16-,17+,18-/m1/s1. The number of ether oxygens (including phenoxy) is 3. The number of nitrogens with zero attached hydrogens (tertiary/aromatic N) is 14. The predicted molar refractivity (Wildman–Crippen MR) is 182 cm³/mol. The maximum absolute atomic E-state index is 12.7. The normalized spacial score (nSPS) is 42.8. The van der Waals surface area contributed by atoms with E-state index in [1.54, 1.807) is 33.1 Å². The van der Waals surface area contributed by atoms with Crippen LogP contribution in [0.25, 0.3) is 0 Å². The number of amides is 2. The van der Waals surface area contributed by atoms with Crippen molar-refractivity contribution in [2.45, 2.75) is 56.8 Å². The number of hydrogen-bond acceptors (Lipinski definition) is 32. The van der Waals surface area contributed by atoms with Crippen molar-refractivity contribution in [2.24, 2.45) is 5.92 Å².